The van der Waals surface area contributed by atoms with Gasteiger partial charge in [0, 0.05) is 37.6 Å². The van der Waals surface area contributed by atoms with E-state index in [1.165, 1.54) is 89.2 Å². The highest BCUT2D eigenvalue weighted by atomic mass is 16.6. The number of ether oxygens (including phenoxy) is 3. The number of rotatable bonds is 23. The highest BCUT2D eigenvalue weighted by Gasteiger charge is 2.26. The molecule has 38 heavy (non-hydrogen) atoms. The van der Waals surface area contributed by atoms with Gasteiger partial charge in [-0.1, -0.05) is 96.5 Å². The van der Waals surface area contributed by atoms with Crippen LogP contribution in [0.5, 0.6) is 0 Å². The topological polar surface area (TPSA) is 60.7 Å². The van der Waals surface area contributed by atoms with E-state index in [9.17, 15) is 4.79 Å². The Balaban J connectivity index is 1.34. The highest BCUT2D eigenvalue weighted by Crippen LogP contribution is 2.20. The molecule has 2 atom stereocenters. The van der Waals surface area contributed by atoms with Crippen LogP contribution in [0.2, 0.25) is 0 Å². The van der Waals surface area contributed by atoms with Gasteiger partial charge >= 0.3 is 6.09 Å². The van der Waals surface area contributed by atoms with Gasteiger partial charge in [-0.15, -0.1) is 0 Å². The number of carbonyl (C=O) groups is 1. The quantitative estimate of drug-likeness (QED) is 0.120. The van der Waals surface area contributed by atoms with Gasteiger partial charge in [-0.05, 0) is 19.8 Å². The SMILES string of the molecule is CCCCCCCCCCCCCCCCOC[C@@H]1CO[C@@H](COC(=O)NCCc2cccc[n+]2CC)C1. The predicted octanol–water partition coefficient (Wildman–Crippen LogP) is 7.17. The molecule has 2 rings (SSSR count). The van der Waals surface area contributed by atoms with Crippen molar-refractivity contribution >= 4 is 6.09 Å². The normalized spacial score (nSPS) is 17.1. The monoisotopic (exact) mass is 533 g/mol. The molecular formula is C32H57N2O4+. The lowest BCUT2D eigenvalue weighted by Gasteiger charge is -2.11. The fourth-order valence-corrected chi connectivity index (χ4v) is 5.22. The fraction of sp³-hybridized carbons (Fsp3) is 0.812. The van der Waals surface area contributed by atoms with E-state index in [-0.39, 0.29) is 12.2 Å². The molecule has 0 unspecified atom stereocenters. The smallest absolute Gasteiger partial charge is 0.407 e. The van der Waals surface area contributed by atoms with E-state index in [0.717, 1.165) is 39.0 Å². The van der Waals surface area contributed by atoms with Crippen molar-refractivity contribution in [3.63, 3.8) is 0 Å². The number of carbonyl (C=O) groups excluding carboxylic acids is 1. The third-order valence-corrected chi connectivity index (χ3v) is 7.59. The summed E-state index contributed by atoms with van der Waals surface area (Å²) in [6, 6.07) is 6.14. The number of aromatic nitrogens is 1. The van der Waals surface area contributed by atoms with Crippen molar-refractivity contribution < 1.29 is 23.6 Å². The van der Waals surface area contributed by atoms with Crippen molar-refractivity contribution in [2.75, 3.05) is 33.0 Å². The van der Waals surface area contributed by atoms with Crippen LogP contribution in [-0.2, 0) is 27.2 Å². The Bertz CT molecular complexity index is 714. The van der Waals surface area contributed by atoms with Crippen LogP contribution in [0.4, 0.5) is 4.79 Å². The van der Waals surface area contributed by atoms with Crippen LogP contribution in [0.15, 0.2) is 24.4 Å². The van der Waals surface area contributed by atoms with Gasteiger partial charge in [0.2, 0.25) is 0 Å². The average Bonchev–Trinajstić information content (AvgIpc) is 3.39. The number of unbranched alkanes of at least 4 members (excludes halogenated alkanes) is 13. The Morgan fingerprint density at radius 2 is 1.58 bits per heavy atom. The molecule has 0 spiro atoms. The van der Waals surface area contributed by atoms with Gasteiger partial charge in [0.05, 0.1) is 19.3 Å². The maximum Gasteiger partial charge on any atom is 0.407 e. The van der Waals surface area contributed by atoms with Gasteiger partial charge in [0.1, 0.15) is 13.2 Å². The third-order valence-electron chi connectivity index (χ3n) is 7.59. The lowest BCUT2D eigenvalue weighted by molar-refractivity contribution is -0.700. The zero-order valence-corrected chi connectivity index (χ0v) is 24.6. The molecule has 218 valence electrons. The Labute approximate surface area is 233 Å². The lowest BCUT2D eigenvalue weighted by atomic mass is 10.0. The summed E-state index contributed by atoms with van der Waals surface area (Å²) >= 11 is 0. The summed E-state index contributed by atoms with van der Waals surface area (Å²) < 4.78 is 19.3. The number of pyridine rings is 1. The minimum atomic E-state index is -0.370. The molecule has 6 heteroatoms. The summed E-state index contributed by atoms with van der Waals surface area (Å²) in [6.45, 7) is 8.47. The molecular weight excluding hydrogens is 476 g/mol. The van der Waals surface area contributed by atoms with Crippen molar-refractivity contribution in [1.82, 2.24) is 5.32 Å². The molecule has 1 aliphatic heterocycles. The molecule has 1 fully saturated rings. The van der Waals surface area contributed by atoms with Crippen molar-refractivity contribution in [2.24, 2.45) is 5.92 Å². The molecule has 0 aromatic carbocycles. The van der Waals surface area contributed by atoms with E-state index in [1.807, 2.05) is 12.1 Å². The van der Waals surface area contributed by atoms with E-state index in [2.05, 4.69) is 36.0 Å². The molecule has 1 aromatic rings. The molecule has 6 nitrogen and oxygen atoms in total. The number of alkyl carbamates (subject to hydrolysis) is 1. The van der Waals surface area contributed by atoms with Gasteiger partial charge in [-0.2, -0.15) is 0 Å². The molecule has 1 aromatic heterocycles. The molecule has 0 radical (unpaired) electrons. The number of hydrogen-bond donors (Lipinski definition) is 1. The number of aryl methyl sites for hydroxylation is 1. The average molecular weight is 534 g/mol. The minimum absolute atomic E-state index is 0.0215. The van der Waals surface area contributed by atoms with Crippen LogP contribution >= 0.6 is 0 Å². The van der Waals surface area contributed by atoms with Crippen LogP contribution in [0.1, 0.15) is 116 Å². The zero-order valence-electron chi connectivity index (χ0n) is 24.6. The van der Waals surface area contributed by atoms with Gasteiger partial charge < -0.3 is 19.5 Å². The maximum absolute atomic E-state index is 12.0. The first kappa shape index (κ1) is 32.6. The molecule has 1 saturated heterocycles. The zero-order chi connectivity index (χ0) is 27.1. The first-order valence-corrected chi connectivity index (χ1v) is 15.8. The van der Waals surface area contributed by atoms with E-state index in [4.69, 9.17) is 14.2 Å². The van der Waals surface area contributed by atoms with Crippen LogP contribution in [0, 0.1) is 5.92 Å². The third kappa shape index (κ3) is 15.7. The first-order valence-electron chi connectivity index (χ1n) is 15.8. The Hall–Kier alpha value is -1.66. The summed E-state index contributed by atoms with van der Waals surface area (Å²) in [5.74, 6) is 0.404. The van der Waals surface area contributed by atoms with Gasteiger partial charge in [0.25, 0.3) is 0 Å². The van der Waals surface area contributed by atoms with Gasteiger partial charge in [-0.3, -0.25) is 0 Å². The summed E-state index contributed by atoms with van der Waals surface area (Å²) in [7, 11) is 0. The molecule has 2 heterocycles. The maximum atomic E-state index is 12.0. The summed E-state index contributed by atoms with van der Waals surface area (Å²) in [5, 5.41) is 2.85. The van der Waals surface area contributed by atoms with Gasteiger partial charge in [0.15, 0.2) is 11.9 Å². The summed E-state index contributed by atoms with van der Waals surface area (Å²) in [4.78, 5) is 12.0. The van der Waals surface area contributed by atoms with Gasteiger partial charge in [-0.25, -0.2) is 9.36 Å². The molecule has 1 amide bonds. The van der Waals surface area contributed by atoms with Crippen molar-refractivity contribution in [2.45, 2.75) is 129 Å². The van der Waals surface area contributed by atoms with E-state index in [0.29, 0.717) is 25.7 Å². The fourth-order valence-electron chi connectivity index (χ4n) is 5.22. The molecule has 0 aliphatic carbocycles. The van der Waals surface area contributed by atoms with Crippen LogP contribution < -0.4 is 9.88 Å². The van der Waals surface area contributed by atoms with Crippen molar-refractivity contribution in [3.05, 3.63) is 30.1 Å². The minimum Gasteiger partial charge on any atom is -0.447 e. The van der Waals surface area contributed by atoms with E-state index in [1.54, 1.807) is 0 Å². The standard InChI is InChI=1S/C32H56N2O4/c1-3-5-6-7-8-9-10-11-12-13-14-15-16-19-24-36-26-29-25-31(37-27-29)28-38-32(35)33-22-21-30-20-17-18-23-34(30)4-2/h17-18,20,23,29,31H,3-16,19,21-22,24-28H2,1-2H3/p+1/t29-,31-/m1/s1. The van der Waals surface area contributed by atoms with Crippen molar-refractivity contribution in [3.8, 4) is 0 Å². The Morgan fingerprint density at radius 3 is 2.24 bits per heavy atom. The molecule has 1 N–H and O–H groups in total. The number of hydrogen-bond acceptors (Lipinski definition) is 4. The summed E-state index contributed by atoms with van der Waals surface area (Å²) in [5.41, 5.74) is 1.20. The first-order chi connectivity index (χ1) is 18.7. The molecule has 0 bridgehead atoms. The lowest BCUT2D eigenvalue weighted by Crippen LogP contribution is -2.38. The molecule has 0 saturated carbocycles. The van der Waals surface area contributed by atoms with E-state index < -0.39 is 0 Å². The summed E-state index contributed by atoms with van der Waals surface area (Å²) in [6.07, 6.45) is 22.6. The highest BCUT2D eigenvalue weighted by molar-refractivity contribution is 5.67. The largest absolute Gasteiger partial charge is 0.447 e. The Kier molecular flexibility index (Phi) is 19.0. The number of nitrogens with zero attached hydrogens (tertiary/aromatic N) is 1. The van der Waals surface area contributed by atoms with Crippen molar-refractivity contribution in [1.29, 1.82) is 0 Å². The van der Waals surface area contributed by atoms with Crippen LogP contribution in [0.25, 0.3) is 0 Å². The van der Waals surface area contributed by atoms with Crippen LogP contribution in [-0.4, -0.2) is 45.2 Å². The molecule has 1 aliphatic rings. The Morgan fingerprint density at radius 1 is 0.921 bits per heavy atom. The van der Waals surface area contributed by atoms with Crippen LogP contribution in [0.3, 0.4) is 0 Å². The second-order valence-electron chi connectivity index (χ2n) is 11.0. The predicted molar refractivity (Wildman–Crippen MR) is 154 cm³/mol. The van der Waals surface area contributed by atoms with E-state index >= 15 is 0 Å². The second-order valence-corrected chi connectivity index (χ2v) is 11.0. The number of amides is 1. The second kappa shape index (κ2) is 22.2. The number of nitrogens with one attached hydrogen (secondary N) is 1.